The molecule has 2 rings (SSSR count). The van der Waals surface area contributed by atoms with Crippen molar-refractivity contribution in [3.8, 4) is 0 Å². The summed E-state index contributed by atoms with van der Waals surface area (Å²) in [4.78, 5) is 14.5. The molecule has 1 aromatic rings. The predicted octanol–water partition coefficient (Wildman–Crippen LogP) is 3.59. The van der Waals surface area contributed by atoms with Crippen molar-refractivity contribution in [1.82, 2.24) is 9.80 Å². The lowest BCUT2D eigenvalue weighted by Crippen LogP contribution is -2.55. The topological polar surface area (TPSA) is 53.0 Å². The van der Waals surface area contributed by atoms with Crippen LogP contribution in [0, 0.1) is 0 Å². The summed E-state index contributed by atoms with van der Waals surface area (Å²) < 4.78 is 57.9. The van der Waals surface area contributed by atoms with Gasteiger partial charge in [0.25, 0.3) is 0 Å². The van der Waals surface area contributed by atoms with Gasteiger partial charge in [0.1, 0.15) is 5.60 Å². The first-order chi connectivity index (χ1) is 12.4. The third kappa shape index (κ3) is 6.07. The zero-order valence-electron chi connectivity index (χ0n) is 15.5. The largest absolute Gasteiger partial charge is 0.444 e. The number of nitrogens with zero attached hydrogens (tertiary/aromatic N) is 2. The second kappa shape index (κ2) is 8.02. The van der Waals surface area contributed by atoms with Gasteiger partial charge < -0.3 is 9.84 Å². The number of carbonyl (C=O) groups excluding carboxylic acids is 1. The first-order valence-corrected chi connectivity index (χ1v) is 8.58. The van der Waals surface area contributed by atoms with Crippen LogP contribution in [0.25, 0.3) is 0 Å². The van der Waals surface area contributed by atoms with Crippen molar-refractivity contribution in [2.45, 2.75) is 44.9 Å². The van der Waals surface area contributed by atoms with E-state index in [1.807, 2.05) is 0 Å². The fourth-order valence-corrected chi connectivity index (χ4v) is 2.76. The Morgan fingerprint density at radius 1 is 1.30 bits per heavy atom. The molecule has 27 heavy (non-hydrogen) atoms. The number of β-amino-alcohol motifs (C(OH)–C–C–N with tert-alkyl or cyclic N) is 1. The highest BCUT2D eigenvalue weighted by Gasteiger charge is 2.34. The highest BCUT2D eigenvalue weighted by molar-refractivity contribution is 5.68. The molecule has 1 aromatic carbocycles. The van der Waals surface area contributed by atoms with E-state index in [4.69, 9.17) is 4.74 Å². The molecule has 0 spiro atoms. The zero-order chi connectivity index (χ0) is 20.4. The SMILES string of the molecule is CC(C)(C)OC(=O)N1CCN(CC(O)c2cccc(C(F)(F)F)c2)C[C@H]1F. The summed E-state index contributed by atoms with van der Waals surface area (Å²) in [5.74, 6) is 0. The summed E-state index contributed by atoms with van der Waals surface area (Å²) in [7, 11) is 0. The predicted molar refractivity (Wildman–Crippen MR) is 90.7 cm³/mol. The van der Waals surface area contributed by atoms with Crippen LogP contribution >= 0.6 is 0 Å². The molecule has 5 nitrogen and oxygen atoms in total. The summed E-state index contributed by atoms with van der Waals surface area (Å²) in [5, 5.41) is 10.2. The normalized spacial score (nSPS) is 20.4. The van der Waals surface area contributed by atoms with Crippen molar-refractivity contribution in [2.75, 3.05) is 26.2 Å². The summed E-state index contributed by atoms with van der Waals surface area (Å²) in [6.45, 7) is 5.18. The first kappa shape index (κ1) is 21.4. The molecule has 1 heterocycles. The Morgan fingerprint density at radius 2 is 1.96 bits per heavy atom. The van der Waals surface area contributed by atoms with Crippen molar-refractivity contribution in [1.29, 1.82) is 0 Å². The van der Waals surface area contributed by atoms with Crippen molar-refractivity contribution < 1.29 is 32.2 Å². The molecule has 9 heteroatoms. The second-order valence-electron chi connectivity index (χ2n) is 7.51. The van der Waals surface area contributed by atoms with E-state index >= 15 is 0 Å². The van der Waals surface area contributed by atoms with Gasteiger partial charge in [-0.15, -0.1) is 0 Å². The van der Waals surface area contributed by atoms with Crippen molar-refractivity contribution in [3.63, 3.8) is 0 Å². The quantitative estimate of drug-likeness (QED) is 0.631. The Labute approximate surface area is 155 Å². The lowest BCUT2D eigenvalue weighted by molar-refractivity contribution is -0.137. The highest BCUT2D eigenvalue weighted by atomic mass is 19.4. The molecule has 1 unspecified atom stereocenters. The fraction of sp³-hybridized carbons (Fsp3) is 0.611. The molecule has 2 atom stereocenters. The van der Waals surface area contributed by atoms with Gasteiger partial charge in [0.05, 0.1) is 11.7 Å². The number of hydrogen-bond acceptors (Lipinski definition) is 4. The van der Waals surface area contributed by atoms with E-state index in [1.165, 1.54) is 12.1 Å². The summed E-state index contributed by atoms with van der Waals surface area (Å²) in [5.41, 5.74) is -1.49. The molecule has 0 bridgehead atoms. The van der Waals surface area contributed by atoms with E-state index in [0.717, 1.165) is 17.0 Å². The van der Waals surface area contributed by atoms with E-state index in [9.17, 15) is 27.5 Å². The maximum atomic E-state index is 14.4. The Morgan fingerprint density at radius 3 is 2.52 bits per heavy atom. The average Bonchev–Trinajstić information content (AvgIpc) is 2.52. The zero-order valence-corrected chi connectivity index (χ0v) is 15.5. The monoisotopic (exact) mass is 392 g/mol. The van der Waals surface area contributed by atoms with Crippen LogP contribution < -0.4 is 0 Å². The number of rotatable bonds is 3. The van der Waals surface area contributed by atoms with Gasteiger partial charge in [-0.3, -0.25) is 9.80 Å². The van der Waals surface area contributed by atoms with Crippen molar-refractivity contribution >= 4 is 6.09 Å². The molecule has 1 fully saturated rings. The molecule has 1 N–H and O–H groups in total. The van der Waals surface area contributed by atoms with E-state index in [-0.39, 0.29) is 31.7 Å². The van der Waals surface area contributed by atoms with Crippen LogP contribution in [-0.4, -0.2) is 59.1 Å². The van der Waals surface area contributed by atoms with Crippen LogP contribution in [0.3, 0.4) is 0 Å². The molecule has 1 amide bonds. The average molecular weight is 392 g/mol. The van der Waals surface area contributed by atoms with Crippen molar-refractivity contribution in [2.24, 2.45) is 0 Å². The number of carbonyl (C=O) groups is 1. The lowest BCUT2D eigenvalue weighted by atomic mass is 10.0. The minimum absolute atomic E-state index is 0.0378. The molecule has 0 saturated carbocycles. The summed E-state index contributed by atoms with van der Waals surface area (Å²) in [6, 6.07) is 4.42. The molecule has 1 aliphatic rings. The van der Waals surface area contributed by atoms with E-state index in [1.54, 1.807) is 25.7 Å². The Hall–Kier alpha value is -1.87. The number of ether oxygens (including phenoxy) is 1. The van der Waals surface area contributed by atoms with Crippen LogP contribution in [-0.2, 0) is 10.9 Å². The summed E-state index contributed by atoms with van der Waals surface area (Å²) in [6.07, 6.45) is -8.08. The third-order valence-electron chi connectivity index (χ3n) is 4.06. The maximum Gasteiger partial charge on any atom is 0.416 e. The molecule has 0 radical (unpaired) electrons. The molecule has 152 valence electrons. The molecule has 1 aliphatic heterocycles. The Bertz CT molecular complexity index is 661. The van der Waals surface area contributed by atoms with E-state index in [0.29, 0.717) is 0 Å². The smallest absolute Gasteiger partial charge is 0.416 e. The number of hydrogen-bond donors (Lipinski definition) is 1. The van der Waals surface area contributed by atoms with E-state index < -0.39 is 35.8 Å². The minimum Gasteiger partial charge on any atom is -0.444 e. The third-order valence-corrected chi connectivity index (χ3v) is 4.06. The van der Waals surface area contributed by atoms with Crippen LogP contribution in [0.1, 0.15) is 38.0 Å². The van der Waals surface area contributed by atoms with Gasteiger partial charge in [-0.05, 0) is 38.5 Å². The van der Waals surface area contributed by atoms with Crippen molar-refractivity contribution in [3.05, 3.63) is 35.4 Å². The van der Waals surface area contributed by atoms with Crippen LogP contribution in [0.4, 0.5) is 22.4 Å². The molecule has 1 saturated heterocycles. The lowest BCUT2D eigenvalue weighted by Gasteiger charge is -2.38. The highest BCUT2D eigenvalue weighted by Crippen LogP contribution is 2.31. The second-order valence-corrected chi connectivity index (χ2v) is 7.51. The van der Waals surface area contributed by atoms with Gasteiger partial charge in [0.2, 0.25) is 0 Å². The van der Waals surface area contributed by atoms with Gasteiger partial charge in [0, 0.05) is 26.2 Å². The van der Waals surface area contributed by atoms with Gasteiger partial charge in [-0.25, -0.2) is 9.18 Å². The molecule has 0 aliphatic carbocycles. The number of benzene rings is 1. The maximum absolute atomic E-state index is 14.4. The van der Waals surface area contributed by atoms with Gasteiger partial charge in [0.15, 0.2) is 6.30 Å². The van der Waals surface area contributed by atoms with Gasteiger partial charge in [-0.2, -0.15) is 13.2 Å². The number of piperazine rings is 1. The molecule has 0 aromatic heterocycles. The first-order valence-electron chi connectivity index (χ1n) is 8.58. The van der Waals surface area contributed by atoms with Crippen LogP contribution in [0.15, 0.2) is 24.3 Å². The van der Waals surface area contributed by atoms with Gasteiger partial charge >= 0.3 is 12.3 Å². The number of aliphatic hydroxyl groups excluding tert-OH is 1. The molecular weight excluding hydrogens is 368 g/mol. The Balaban J connectivity index is 1.95. The fourth-order valence-electron chi connectivity index (χ4n) is 2.76. The van der Waals surface area contributed by atoms with E-state index in [2.05, 4.69) is 0 Å². The van der Waals surface area contributed by atoms with Crippen LogP contribution in [0.2, 0.25) is 0 Å². The van der Waals surface area contributed by atoms with Gasteiger partial charge in [-0.1, -0.05) is 12.1 Å². The molecular formula is C18H24F4N2O3. The Kier molecular flexibility index (Phi) is 6.36. The number of amides is 1. The number of halogens is 4. The standard InChI is InChI=1S/C18H24F4N2O3/c1-17(2,3)27-16(26)24-8-7-23(11-15(24)19)10-14(25)12-5-4-6-13(9-12)18(20,21)22/h4-6,9,14-15,25H,7-8,10-11H2,1-3H3/t14?,15-/m0/s1. The minimum atomic E-state index is -4.50. The number of alkyl halides is 4. The van der Waals surface area contributed by atoms with Crippen LogP contribution in [0.5, 0.6) is 0 Å². The summed E-state index contributed by atoms with van der Waals surface area (Å²) >= 11 is 0. The number of aliphatic hydroxyl groups is 1.